The summed E-state index contributed by atoms with van der Waals surface area (Å²) in [6, 6.07) is 5.89. The van der Waals surface area contributed by atoms with E-state index in [0.29, 0.717) is 13.2 Å². The van der Waals surface area contributed by atoms with E-state index in [1.54, 1.807) is 0 Å². The van der Waals surface area contributed by atoms with Crippen molar-refractivity contribution in [2.75, 3.05) is 5.32 Å². The molecular weight excluding hydrogens is 280 g/mol. The molecule has 1 aliphatic carbocycles. The van der Waals surface area contributed by atoms with Crippen LogP contribution in [0.2, 0.25) is 0 Å². The number of hydrogen-bond acceptors (Lipinski definition) is 3. The minimum atomic E-state index is -0.160. The molecule has 0 fully saturated rings. The molecule has 0 spiro atoms. The predicted octanol–water partition coefficient (Wildman–Crippen LogP) is 2.12. The first-order valence-electron chi connectivity index (χ1n) is 7.56. The van der Waals surface area contributed by atoms with Gasteiger partial charge in [0.2, 0.25) is 0 Å². The quantitative estimate of drug-likeness (QED) is 0.794. The van der Waals surface area contributed by atoms with Crippen LogP contribution in [-0.2, 0) is 30.8 Å². The fraction of sp³-hybridized carbons (Fsp3) is 0.375. The SMILES string of the molecule is O=C(Nc1ccc2c(c1)COC2)NC1CCc2cn[nH]c2C1. The normalized spacial score (nSPS) is 19.4. The van der Waals surface area contributed by atoms with Gasteiger partial charge in [-0.1, -0.05) is 6.07 Å². The molecule has 0 saturated carbocycles. The van der Waals surface area contributed by atoms with E-state index in [1.165, 1.54) is 11.1 Å². The van der Waals surface area contributed by atoms with Gasteiger partial charge in [-0.2, -0.15) is 5.10 Å². The maximum absolute atomic E-state index is 12.2. The van der Waals surface area contributed by atoms with Crippen LogP contribution < -0.4 is 10.6 Å². The summed E-state index contributed by atoms with van der Waals surface area (Å²) in [6.07, 6.45) is 4.57. The summed E-state index contributed by atoms with van der Waals surface area (Å²) in [6.45, 7) is 1.29. The Morgan fingerprint density at radius 3 is 3.14 bits per heavy atom. The van der Waals surface area contributed by atoms with E-state index >= 15 is 0 Å². The van der Waals surface area contributed by atoms with Crippen molar-refractivity contribution in [3.8, 4) is 0 Å². The standard InChI is InChI=1S/C16H18N4O2/c21-16(18-13-4-2-11-8-22-9-12(11)5-13)19-14-3-1-10-7-17-20-15(10)6-14/h2,4-5,7,14H,1,3,6,8-9H2,(H,17,20)(H2,18,19,21). The van der Waals surface area contributed by atoms with E-state index in [9.17, 15) is 4.79 Å². The van der Waals surface area contributed by atoms with Gasteiger partial charge in [0.25, 0.3) is 0 Å². The molecule has 0 radical (unpaired) electrons. The van der Waals surface area contributed by atoms with Gasteiger partial charge in [0.05, 0.1) is 19.4 Å². The number of hydrogen-bond donors (Lipinski definition) is 3. The molecule has 114 valence electrons. The van der Waals surface area contributed by atoms with Crippen LogP contribution in [0.3, 0.4) is 0 Å². The van der Waals surface area contributed by atoms with Crippen LogP contribution >= 0.6 is 0 Å². The molecule has 2 amide bonds. The molecule has 1 unspecified atom stereocenters. The van der Waals surface area contributed by atoms with Gasteiger partial charge in [0.15, 0.2) is 0 Å². The highest BCUT2D eigenvalue weighted by Gasteiger charge is 2.21. The molecule has 22 heavy (non-hydrogen) atoms. The highest BCUT2D eigenvalue weighted by atomic mass is 16.5. The second-order valence-corrected chi connectivity index (χ2v) is 5.89. The number of aryl methyl sites for hydroxylation is 1. The summed E-state index contributed by atoms with van der Waals surface area (Å²) in [7, 11) is 0. The third-order valence-electron chi connectivity index (χ3n) is 4.33. The minimum absolute atomic E-state index is 0.144. The highest BCUT2D eigenvalue weighted by molar-refractivity contribution is 5.89. The molecule has 6 heteroatoms. The number of nitrogens with zero attached hydrogens (tertiary/aromatic N) is 1. The highest BCUT2D eigenvalue weighted by Crippen LogP contribution is 2.23. The summed E-state index contributed by atoms with van der Waals surface area (Å²) in [5, 5.41) is 13.0. The molecule has 1 aliphatic heterocycles. The van der Waals surface area contributed by atoms with Crippen molar-refractivity contribution in [1.82, 2.24) is 15.5 Å². The number of amides is 2. The number of aromatic amines is 1. The minimum Gasteiger partial charge on any atom is -0.372 e. The van der Waals surface area contributed by atoms with E-state index in [0.717, 1.165) is 36.2 Å². The van der Waals surface area contributed by atoms with Crippen molar-refractivity contribution < 1.29 is 9.53 Å². The van der Waals surface area contributed by atoms with Crippen LogP contribution in [0.25, 0.3) is 0 Å². The number of fused-ring (bicyclic) bond motifs is 2. The molecule has 2 heterocycles. The molecular formula is C16H18N4O2. The summed E-state index contributed by atoms with van der Waals surface area (Å²) in [4.78, 5) is 12.2. The van der Waals surface area contributed by atoms with E-state index < -0.39 is 0 Å². The lowest BCUT2D eigenvalue weighted by molar-refractivity contribution is 0.134. The van der Waals surface area contributed by atoms with Gasteiger partial charge in [-0.15, -0.1) is 0 Å². The number of carbonyl (C=O) groups excluding carboxylic acids is 1. The summed E-state index contributed by atoms with van der Waals surface area (Å²) >= 11 is 0. The fourth-order valence-corrected chi connectivity index (χ4v) is 3.13. The number of carbonyl (C=O) groups is 1. The largest absolute Gasteiger partial charge is 0.372 e. The van der Waals surface area contributed by atoms with Gasteiger partial charge in [0, 0.05) is 23.8 Å². The van der Waals surface area contributed by atoms with Crippen molar-refractivity contribution in [3.05, 3.63) is 46.8 Å². The first kappa shape index (κ1) is 13.3. The monoisotopic (exact) mass is 298 g/mol. The van der Waals surface area contributed by atoms with E-state index in [4.69, 9.17) is 4.74 Å². The topological polar surface area (TPSA) is 79.0 Å². The zero-order chi connectivity index (χ0) is 14.9. The van der Waals surface area contributed by atoms with Crippen molar-refractivity contribution in [2.45, 2.75) is 38.5 Å². The molecule has 4 rings (SSSR count). The molecule has 0 bridgehead atoms. The van der Waals surface area contributed by atoms with Gasteiger partial charge < -0.3 is 15.4 Å². The van der Waals surface area contributed by atoms with Crippen LogP contribution in [0.15, 0.2) is 24.4 Å². The molecule has 1 aromatic carbocycles. The van der Waals surface area contributed by atoms with Crippen molar-refractivity contribution in [1.29, 1.82) is 0 Å². The zero-order valence-corrected chi connectivity index (χ0v) is 12.2. The third kappa shape index (κ3) is 2.57. The molecule has 1 atom stereocenters. The van der Waals surface area contributed by atoms with E-state index in [1.807, 2.05) is 24.4 Å². The number of ether oxygens (including phenoxy) is 1. The van der Waals surface area contributed by atoms with Gasteiger partial charge in [-0.25, -0.2) is 4.79 Å². The van der Waals surface area contributed by atoms with Crippen LogP contribution in [0.1, 0.15) is 28.8 Å². The second kappa shape index (κ2) is 5.46. The number of nitrogens with one attached hydrogen (secondary N) is 3. The number of urea groups is 1. The van der Waals surface area contributed by atoms with Crippen molar-refractivity contribution in [3.63, 3.8) is 0 Å². The smallest absolute Gasteiger partial charge is 0.319 e. The Kier molecular flexibility index (Phi) is 3.31. The third-order valence-corrected chi connectivity index (χ3v) is 4.33. The molecule has 3 N–H and O–H groups in total. The number of rotatable bonds is 2. The van der Waals surface area contributed by atoms with Crippen molar-refractivity contribution in [2.24, 2.45) is 0 Å². The predicted molar refractivity (Wildman–Crippen MR) is 81.5 cm³/mol. The Labute approximate surface area is 128 Å². The van der Waals surface area contributed by atoms with Crippen LogP contribution in [-0.4, -0.2) is 22.3 Å². The lowest BCUT2D eigenvalue weighted by Gasteiger charge is -2.23. The Hall–Kier alpha value is -2.34. The Bertz CT molecular complexity index is 710. The maximum atomic E-state index is 12.2. The molecule has 2 aromatic rings. The molecule has 2 aliphatic rings. The average molecular weight is 298 g/mol. The van der Waals surface area contributed by atoms with Crippen molar-refractivity contribution >= 4 is 11.7 Å². The van der Waals surface area contributed by atoms with Gasteiger partial charge in [0.1, 0.15) is 0 Å². The maximum Gasteiger partial charge on any atom is 0.319 e. The van der Waals surface area contributed by atoms with Crippen LogP contribution in [0.5, 0.6) is 0 Å². The fourth-order valence-electron chi connectivity index (χ4n) is 3.13. The number of aromatic nitrogens is 2. The Balaban J connectivity index is 1.37. The van der Waals surface area contributed by atoms with Crippen LogP contribution in [0, 0.1) is 0 Å². The van der Waals surface area contributed by atoms with Gasteiger partial charge in [-0.05, 0) is 41.7 Å². The molecule has 0 saturated heterocycles. The van der Waals surface area contributed by atoms with Gasteiger partial charge in [-0.3, -0.25) is 5.10 Å². The lowest BCUT2D eigenvalue weighted by atomic mass is 9.94. The zero-order valence-electron chi connectivity index (χ0n) is 12.2. The first-order chi connectivity index (χ1) is 10.8. The van der Waals surface area contributed by atoms with Crippen LogP contribution in [0.4, 0.5) is 10.5 Å². The lowest BCUT2D eigenvalue weighted by Crippen LogP contribution is -2.41. The summed E-state index contributed by atoms with van der Waals surface area (Å²) in [5.41, 5.74) is 5.55. The summed E-state index contributed by atoms with van der Waals surface area (Å²) in [5.74, 6) is 0. The Morgan fingerprint density at radius 1 is 1.27 bits per heavy atom. The number of benzene rings is 1. The first-order valence-corrected chi connectivity index (χ1v) is 7.56. The van der Waals surface area contributed by atoms with Gasteiger partial charge >= 0.3 is 6.03 Å². The number of anilines is 1. The molecule has 1 aromatic heterocycles. The number of H-pyrrole nitrogens is 1. The van der Waals surface area contributed by atoms with E-state index in [2.05, 4.69) is 20.8 Å². The second-order valence-electron chi connectivity index (χ2n) is 5.89. The summed E-state index contributed by atoms with van der Waals surface area (Å²) < 4.78 is 5.38. The Morgan fingerprint density at radius 2 is 2.18 bits per heavy atom. The molecule has 6 nitrogen and oxygen atoms in total. The van der Waals surface area contributed by atoms with E-state index in [-0.39, 0.29) is 12.1 Å². The average Bonchev–Trinajstić information content (AvgIpc) is 3.14.